The highest BCUT2D eigenvalue weighted by molar-refractivity contribution is 7.89. The lowest BCUT2D eigenvalue weighted by Gasteiger charge is -2.40. The highest BCUT2D eigenvalue weighted by atomic mass is 32.2. The summed E-state index contributed by atoms with van der Waals surface area (Å²) in [6, 6.07) is 5.79. The average molecular weight is 319 g/mol. The summed E-state index contributed by atoms with van der Waals surface area (Å²) < 4.78 is 27.7. The molecule has 0 unspecified atom stereocenters. The van der Waals surface area contributed by atoms with Gasteiger partial charge in [0.25, 0.3) is 0 Å². The first-order valence-electron chi connectivity index (χ1n) is 8.76. The second-order valence-electron chi connectivity index (χ2n) is 7.24. The van der Waals surface area contributed by atoms with E-state index in [2.05, 4.69) is 0 Å². The van der Waals surface area contributed by atoms with Crippen molar-refractivity contribution in [1.82, 2.24) is 4.31 Å². The van der Waals surface area contributed by atoms with Gasteiger partial charge in [-0.15, -0.1) is 0 Å². The molecule has 4 rings (SSSR count). The van der Waals surface area contributed by atoms with Gasteiger partial charge in [-0.1, -0.05) is 25.3 Å². The second-order valence-corrected chi connectivity index (χ2v) is 9.18. The minimum absolute atomic E-state index is 0.516. The lowest BCUT2D eigenvalue weighted by atomic mass is 9.76. The summed E-state index contributed by atoms with van der Waals surface area (Å²) in [5.74, 6) is 1.35. The average Bonchev–Trinajstić information content (AvgIpc) is 3.02. The summed E-state index contributed by atoms with van der Waals surface area (Å²) in [5, 5.41) is 0. The van der Waals surface area contributed by atoms with E-state index in [1.807, 2.05) is 18.2 Å². The van der Waals surface area contributed by atoms with Gasteiger partial charge in [0.15, 0.2) is 0 Å². The van der Waals surface area contributed by atoms with Crippen LogP contribution in [0.1, 0.15) is 49.7 Å². The Kier molecular flexibility index (Phi) is 3.77. The van der Waals surface area contributed by atoms with Crippen LogP contribution in [0.3, 0.4) is 0 Å². The molecule has 0 spiro atoms. The molecule has 2 atom stereocenters. The highest BCUT2D eigenvalue weighted by Gasteiger charge is 2.36. The van der Waals surface area contributed by atoms with Crippen molar-refractivity contribution in [2.45, 2.75) is 56.3 Å². The predicted molar refractivity (Wildman–Crippen MR) is 87.3 cm³/mol. The van der Waals surface area contributed by atoms with E-state index in [0.29, 0.717) is 17.4 Å². The fourth-order valence-electron chi connectivity index (χ4n) is 4.64. The van der Waals surface area contributed by atoms with E-state index in [-0.39, 0.29) is 0 Å². The molecule has 0 bridgehead atoms. The maximum atomic E-state index is 13.0. The zero-order valence-corrected chi connectivity index (χ0v) is 13.9. The Morgan fingerprint density at radius 1 is 0.909 bits per heavy atom. The molecule has 2 fully saturated rings. The van der Waals surface area contributed by atoms with E-state index in [0.717, 1.165) is 38.1 Å². The maximum absolute atomic E-state index is 13.0. The maximum Gasteiger partial charge on any atom is 0.243 e. The van der Waals surface area contributed by atoms with Crippen LogP contribution in [-0.2, 0) is 22.9 Å². The standard InChI is InChI=1S/C18H25NO2S/c20-22(21,18-9-8-14-6-3-7-16(14)12-18)19-11-10-15-4-1-2-5-17(15)13-19/h8-9,12,15,17H,1-7,10-11,13H2/t15-,17+/m0/s1. The monoisotopic (exact) mass is 319 g/mol. The van der Waals surface area contributed by atoms with Crippen LogP contribution in [-0.4, -0.2) is 25.8 Å². The molecule has 3 aliphatic rings. The van der Waals surface area contributed by atoms with Crippen molar-refractivity contribution in [3.05, 3.63) is 29.3 Å². The fraction of sp³-hybridized carbons (Fsp3) is 0.667. The van der Waals surface area contributed by atoms with Crippen molar-refractivity contribution < 1.29 is 8.42 Å². The van der Waals surface area contributed by atoms with Crippen LogP contribution in [0.2, 0.25) is 0 Å². The number of hydrogen-bond donors (Lipinski definition) is 0. The van der Waals surface area contributed by atoms with Crippen LogP contribution in [0.5, 0.6) is 0 Å². The number of piperidine rings is 1. The number of nitrogens with zero attached hydrogens (tertiary/aromatic N) is 1. The van der Waals surface area contributed by atoms with Crippen LogP contribution in [0, 0.1) is 11.8 Å². The number of rotatable bonds is 2. The van der Waals surface area contributed by atoms with Crippen molar-refractivity contribution in [1.29, 1.82) is 0 Å². The van der Waals surface area contributed by atoms with Crippen LogP contribution in [0.25, 0.3) is 0 Å². The van der Waals surface area contributed by atoms with Crippen LogP contribution >= 0.6 is 0 Å². The molecule has 1 aromatic rings. The molecule has 0 N–H and O–H groups in total. The summed E-state index contributed by atoms with van der Waals surface area (Å²) >= 11 is 0. The number of benzene rings is 1. The Morgan fingerprint density at radius 2 is 1.68 bits per heavy atom. The number of hydrogen-bond acceptors (Lipinski definition) is 2. The molecule has 1 aromatic carbocycles. The first kappa shape index (κ1) is 14.7. The quantitative estimate of drug-likeness (QED) is 0.838. The molecule has 1 heterocycles. The molecular formula is C18H25NO2S. The van der Waals surface area contributed by atoms with Crippen molar-refractivity contribution in [2.75, 3.05) is 13.1 Å². The molecule has 1 saturated heterocycles. The van der Waals surface area contributed by atoms with Crippen molar-refractivity contribution in [3.8, 4) is 0 Å². The molecule has 0 aromatic heterocycles. The zero-order chi connectivity index (χ0) is 15.2. The molecular weight excluding hydrogens is 294 g/mol. The Bertz CT molecular complexity index is 668. The van der Waals surface area contributed by atoms with Crippen molar-refractivity contribution in [3.63, 3.8) is 0 Å². The van der Waals surface area contributed by atoms with Crippen LogP contribution in [0.4, 0.5) is 0 Å². The Morgan fingerprint density at radius 3 is 2.55 bits per heavy atom. The number of fused-ring (bicyclic) bond motifs is 2. The molecule has 0 radical (unpaired) electrons. The predicted octanol–water partition coefficient (Wildman–Crippen LogP) is 3.38. The highest BCUT2D eigenvalue weighted by Crippen LogP contribution is 2.38. The summed E-state index contributed by atoms with van der Waals surface area (Å²) in [7, 11) is -3.30. The largest absolute Gasteiger partial charge is 0.243 e. The second kappa shape index (κ2) is 5.64. The third-order valence-corrected chi connectivity index (χ3v) is 7.82. The molecule has 22 heavy (non-hydrogen) atoms. The first-order chi connectivity index (χ1) is 10.6. The smallest absolute Gasteiger partial charge is 0.207 e. The number of aryl methyl sites for hydroxylation is 2. The summed E-state index contributed by atoms with van der Waals surface area (Å²) in [4.78, 5) is 0.516. The van der Waals surface area contributed by atoms with Crippen LogP contribution < -0.4 is 0 Å². The van der Waals surface area contributed by atoms with Gasteiger partial charge in [0, 0.05) is 13.1 Å². The Labute approximate surface area is 133 Å². The van der Waals surface area contributed by atoms with E-state index < -0.39 is 10.0 Å². The SMILES string of the molecule is O=S(=O)(c1ccc2c(c1)CCC2)N1CC[C@@H]2CCCC[C@@H]2C1. The van der Waals surface area contributed by atoms with Gasteiger partial charge in [0.1, 0.15) is 0 Å². The Balaban J connectivity index is 1.58. The third-order valence-electron chi connectivity index (χ3n) is 5.96. The van der Waals surface area contributed by atoms with E-state index in [9.17, 15) is 8.42 Å². The number of sulfonamides is 1. The molecule has 1 saturated carbocycles. The molecule has 3 nitrogen and oxygen atoms in total. The first-order valence-corrected chi connectivity index (χ1v) is 10.2. The van der Waals surface area contributed by atoms with E-state index in [4.69, 9.17) is 0 Å². The molecule has 4 heteroatoms. The van der Waals surface area contributed by atoms with Gasteiger partial charge >= 0.3 is 0 Å². The minimum Gasteiger partial charge on any atom is -0.207 e. The molecule has 2 aliphatic carbocycles. The third kappa shape index (κ3) is 2.50. The van der Waals surface area contributed by atoms with Gasteiger partial charge in [-0.2, -0.15) is 4.31 Å². The van der Waals surface area contributed by atoms with Crippen molar-refractivity contribution >= 4 is 10.0 Å². The van der Waals surface area contributed by atoms with Crippen molar-refractivity contribution in [2.24, 2.45) is 11.8 Å². The van der Waals surface area contributed by atoms with E-state index in [1.54, 1.807) is 4.31 Å². The fourth-order valence-corrected chi connectivity index (χ4v) is 6.21. The van der Waals surface area contributed by atoms with Gasteiger partial charge < -0.3 is 0 Å². The minimum atomic E-state index is -3.30. The van der Waals surface area contributed by atoms with Gasteiger partial charge in [-0.3, -0.25) is 0 Å². The molecule has 120 valence electrons. The summed E-state index contributed by atoms with van der Waals surface area (Å²) in [6.45, 7) is 1.45. The zero-order valence-electron chi connectivity index (χ0n) is 13.1. The normalized spacial score (nSPS) is 29.1. The van der Waals surface area contributed by atoms with Gasteiger partial charge in [-0.25, -0.2) is 8.42 Å². The Hall–Kier alpha value is -0.870. The lowest BCUT2D eigenvalue weighted by molar-refractivity contribution is 0.136. The molecule has 0 amide bonds. The molecule has 1 aliphatic heterocycles. The summed E-state index contributed by atoms with van der Waals surface area (Å²) in [6.07, 6.45) is 9.46. The summed E-state index contributed by atoms with van der Waals surface area (Å²) in [5.41, 5.74) is 2.58. The lowest BCUT2D eigenvalue weighted by Crippen LogP contribution is -2.44. The van der Waals surface area contributed by atoms with Gasteiger partial charge in [-0.05, 0) is 67.2 Å². The topological polar surface area (TPSA) is 37.4 Å². The van der Waals surface area contributed by atoms with Gasteiger partial charge in [0.2, 0.25) is 10.0 Å². The van der Waals surface area contributed by atoms with E-state index >= 15 is 0 Å². The van der Waals surface area contributed by atoms with E-state index in [1.165, 1.54) is 36.8 Å². The van der Waals surface area contributed by atoms with Crippen LogP contribution in [0.15, 0.2) is 23.1 Å². The van der Waals surface area contributed by atoms with Gasteiger partial charge in [0.05, 0.1) is 4.90 Å².